The highest BCUT2D eigenvalue weighted by atomic mass is 16.1. The van der Waals surface area contributed by atoms with Gasteiger partial charge in [0.25, 0.3) is 5.91 Å². The Morgan fingerprint density at radius 2 is 2.33 bits per heavy atom. The van der Waals surface area contributed by atoms with Crippen LogP contribution in [0.4, 0.5) is 5.82 Å². The predicted molar refractivity (Wildman–Crippen MR) is 64.5 cm³/mol. The van der Waals surface area contributed by atoms with E-state index in [0.29, 0.717) is 24.5 Å². The van der Waals surface area contributed by atoms with E-state index in [1.807, 2.05) is 0 Å². The summed E-state index contributed by atoms with van der Waals surface area (Å²) in [5.41, 5.74) is 2.69. The first-order valence-electron chi connectivity index (χ1n) is 5.35. The van der Waals surface area contributed by atoms with E-state index in [2.05, 4.69) is 30.9 Å². The maximum Gasteiger partial charge on any atom is 0.269 e. The number of nitrogens with zero attached hydrogens (tertiary/aromatic N) is 3. The standard InChI is InChI=1S/C10H13N7O/c11-16-9-3-1-2-7(15-9)10(18)12-5-4-8-13-6-14-17-8/h1-3,6H,4-5,11H2,(H,12,18)(H,15,16)(H,13,14,17). The molecule has 2 aromatic heterocycles. The Kier molecular flexibility index (Phi) is 3.82. The van der Waals surface area contributed by atoms with E-state index in [1.54, 1.807) is 18.2 Å². The third kappa shape index (κ3) is 3.01. The maximum absolute atomic E-state index is 11.8. The van der Waals surface area contributed by atoms with E-state index < -0.39 is 0 Å². The molecule has 0 aliphatic rings. The van der Waals surface area contributed by atoms with Gasteiger partial charge in [-0.25, -0.2) is 15.8 Å². The van der Waals surface area contributed by atoms with Crippen molar-refractivity contribution >= 4 is 11.7 Å². The fourth-order valence-electron chi connectivity index (χ4n) is 1.38. The molecule has 0 fully saturated rings. The number of nitrogens with one attached hydrogen (secondary N) is 3. The molecule has 1 amide bonds. The van der Waals surface area contributed by atoms with E-state index >= 15 is 0 Å². The van der Waals surface area contributed by atoms with Crippen molar-refractivity contribution in [1.82, 2.24) is 25.5 Å². The predicted octanol–water partition coefficient (Wildman–Crippen LogP) is -0.542. The number of H-pyrrole nitrogens is 1. The second-order valence-corrected chi connectivity index (χ2v) is 3.49. The lowest BCUT2D eigenvalue weighted by Gasteiger charge is -2.04. The minimum atomic E-state index is -0.258. The molecule has 0 aliphatic carbocycles. The van der Waals surface area contributed by atoms with Crippen molar-refractivity contribution in [1.29, 1.82) is 0 Å². The number of amides is 1. The summed E-state index contributed by atoms with van der Waals surface area (Å²) in [6.07, 6.45) is 2.01. The summed E-state index contributed by atoms with van der Waals surface area (Å²) >= 11 is 0. The maximum atomic E-state index is 11.8. The quantitative estimate of drug-likeness (QED) is 0.416. The van der Waals surface area contributed by atoms with Crippen molar-refractivity contribution in [3.8, 4) is 0 Å². The van der Waals surface area contributed by atoms with Gasteiger partial charge in [0.05, 0.1) is 0 Å². The number of pyridine rings is 1. The van der Waals surface area contributed by atoms with Crippen molar-refractivity contribution in [2.75, 3.05) is 12.0 Å². The third-order valence-electron chi connectivity index (χ3n) is 2.24. The first kappa shape index (κ1) is 12.0. The molecule has 0 atom stereocenters. The Morgan fingerprint density at radius 1 is 1.44 bits per heavy atom. The van der Waals surface area contributed by atoms with Gasteiger partial charge in [-0.15, -0.1) is 0 Å². The fourth-order valence-corrected chi connectivity index (χ4v) is 1.38. The number of carbonyl (C=O) groups is 1. The van der Waals surface area contributed by atoms with Gasteiger partial charge in [0, 0.05) is 13.0 Å². The highest BCUT2D eigenvalue weighted by Gasteiger charge is 2.07. The summed E-state index contributed by atoms with van der Waals surface area (Å²) in [5, 5.41) is 9.16. The zero-order chi connectivity index (χ0) is 12.8. The van der Waals surface area contributed by atoms with E-state index in [9.17, 15) is 4.79 Å². The average molecular weight is 247 g/mol. The van der Waals surface area contributed by atoms with Crippen LogP contribution in [0.15, 0.2) is 24.5 Å². The Hall–Kier alpha value is -2.48. The number of hydrogen-bond donors (Lipinski definition) is 4. The first-order valence-corrected chi connectivity index (χ1v) is 5.35. The van der Waals surface area contributed by atoms with Gasteiger partial charge in [-0.1, -0.05) is 6.07 Å². The molecule has 8 nitrogen and oxygen atoms in total. The number of carbonyl (C=O) groups excluding carboxylic acids is 1. The molecule has 94 valence electrons. The fraction of sp³-hybridized carbons (Fsp3) is 0.200. The molecule has 0 spiro atoms. The van der Waals surface area contributed by atoms with Crippen LogP contribution in [0, 0.1) is 0 Å². The Morgan fingerprint density at radius 3 is 3.06 bits per heavy atom. The van der Waals surface area contributed by atoms with Crippen LogP contribution in [0.5, 0.6) is 0 Å². The van der Waals surface area contributed by atoms with Gasteiger partial charge in [-0.05, 0) is 12.1 Å². The molecule has 0 radical (unpaired) electrons. The molecule has 5 N–H and O–H groups in total. The summed E-state index contributed by atoms with van der Waals surface area (Å²) in [6, 6.07) is 4.99. The summed E-state index contributed by atoms with van der Waals surface area (Å²) in [5.74, 6) is 6.13. The summed E-state index contributed by atoms with van der Waals surface area (Å²) in [4.78, 5) is 19.7. The zero-order valence-electron chi connectivity index (χ0n) is 9.55. The molecule has 2 heterocycles. The molecule has 0 bridgehead atoms. The second kappa shape index (κ2) is 5.73. The van der Waals surface area contributed by atoms with E-state index in [-0.39, 0.29) is 5.91 Å². The monoisotopic (exact) mass is 247 g/mol. The van der Waals surface area contributed by atoms with Crippen LogP contribution in [-0.4, -0.2) is 32.6 Å². The lowest BCUT2D eigenvalue weighted by atomic mass is 10.3. The highest BCUT2D eigenvalue weighted by molar-refractivity contribution is 5.92. The average Bonchev–Trinajstić information content (AvgIpc) is 2.92. The summed E-state index contributed by atoms with van der Waals surface area (Å²) in [6.45, 7) is 0.454. The molecule has 0 aliphatic heterocycles. The Balaban J connectivity index is 1.87. The number of aromatic amines is 1. The van der Waals surface area contributed by atoms with Crippen LogP contribution < -0.4 is 16.6 Å². The zero-order valence-corrected chi connectivity index (χ0v) is 9.55. The van der Waals surface area contributed by atoms with Crippen LogP contribution in [0.3, 0.4) is 0 Å². The smallest absolute Gasteiger partial charge is 0.269 e. The first-order chi connectivity index (χ1) is 8.79. The number of rotatable bonds is 5. The minimum Gasteiger partial charge on any atom is -0.350 e. The number of nitrogen functional groups attached to an aromatic ring is 1. The SMILES string of the molecule is NNc1cccc(C(=O)NCCc2ncn[nH]2)n1. The van der Waals surface area contributed by atoms with Gasteiger partial charge in [-0.3, -0.25) is 9.89 Å². The Bertz CT molecular complexity index is 511. The minimum absolute atomic E-state index is 0.258. The van der Waals surface area contributed by atoms with Crippen LogP contribution in [0.25, 0.3) is 0 Å². The van der Waals surface area contributed by atoms with Gasteiger partial charge in [-0.2, -0.15) is 5.10 Å². The molecule has 2 aromatic rings. The molecule has 0 saturated heterocycles. The molecule has 18 heavy (non-hydrogen) atoms. The van der Waals surface area contributed by atoms with Crippen molar-refractivity contribution in [3.63, 3.8) is 0 Å². The van der Waals surface area contributed by atoms with Crippen molar-refractivity contribution in [2.45, 2.75) is 6.42 Å². The molecule has 0 unspecified atom stereocenters. The molecule has 2 rings (SSSR count). The number of aromatic nitrogens is 4. The van der Waals surface area contributed by atoms with Crippen molar-refractivity contribution in [3.05, 3.63) is 36.0 Å². The molecule has 8 heteroatoms. The van der Waals surface area contributed by atoms with Crippen molar-refractivity contribution < 1.29 is 4.79 Å². The van der Waals surface area contributed by atoms with Gasteiger partial charge in [0.1, 0.15) is 23.7 Å². The van der Waals surface area contributed by atoms with Crippen LogP contribution in [0.2, 0.25) is 0 Å². The second-order valence-electron chi connectivity index (χ2n) is 3.49. The lowest BCUT2D eigenvalue weighted by molar-refractivity contribution is 0.0949. The number of hydrogen-bond acceptors (Lipinski definition) is 6. The van der Waals surface area contributed by atoms with E-state index in [4.69, 9.17) is 5.84 Å². The molecule has 0 aromatic carbocycles. The van der Waals surface area contributed by atoms with Gasteiger partial charge < -0.3 is 10.7 Å². The normalized spacial score (nSPS) is 10.1. The number of nitrogens with two attached hydrogens (primary N) is 1. The third-order valence-corrected chi connectivity index (χ3v) is 2.24. The largest absolute Gasteiger partial charge is 0.350 e. The summed E-state index contributed by atoms with van der Waals surface area (Å²) < 4.78 is 0. The molecular weight excluding hydrogens is 234 g/mol. The lowest BCUT2D eigenvalue weighted by Crippen LogP contribution is -2.27. The van der Waals surface area contributed by atoms with Crippen LogP contribution in [0.1, 0.15) is 16.3 Å². The topological polar surface area (TPSA) is 122 Å². The number of hydrazine groups is 1. The molecule has 0 saturated carbocycles. The van der Waals surface area contributed by atoms with Gasteiger partial charge in [0.15, 0.2) is 0 Å². The number of anilines is 1. The van der Waals surface area contributed by atoms with E-state index in [0.717, 1.165) is 5.82 Å². The van der Waals surface area contributed by atoms with Crippen molar-refractivity contribution in [2.24, 2.45) is 5.84 Å². The summed E-state index contributed by atoms with van der Waals surface area (Å²) in [7, 11) is 0. The Labute approximate surface area is 103 Å². The van der Waals surface area contributed by atoms with Crippen LogP contribution in [-0.2, 0) is 6.42 Å². The van der Waals surface area contributed by atoms with Gasteiger partial charge >= 0.3 is 0 Å². The van der Waals surface area contributed by atoms with Crippen LogP contribution >= 0.6 is 0 Å². The highest BCUT2D eigenvalue weighted by Crippen LogP contribution is 2.02. The molecular formula is C10H13N7O. The van der Waals surface area contributed by atoms with Gasteiger partial charge in [0.2, 0.25) is 0 Å². The van der Waals surface area contributed by atoms with E-state index in [1.165, 1.54) is 6.33 Å².